The number of aromatic nitrogens is 1. The number of ether oxygens (including phenoxy) is 2. The van der Waals surface area contributed by atoms with Crippen molar-refractivity contribution in [3.8, 4) is 11.5 Å². The lowest BCUT2D eigenvalue weighted by molar-refractivity contribution is 0.354. The van der Waals surface area contributed by atoms with E-state index in [4.69, 9.17) is 9.47 Å². The smallest absolute Gasteiger partial charge is 0.241 e. The Kier molecular flexibility index (Phi) is 6.01. The highest BCUT2D eigenvalue weighted by Crippen LogP contribution is 2.29. The van der Waals surface area contributed by atoms with Crippen LogP contribution in [-0.2, 0) is 23.1 Å². The second-order valence-electron chi connectivity index (χ2n) is 6.06. The maximum Gasteiger partial charge on any atom is 0.241 e. The van der Waals surface area contributed by atoms with Crippen molar-refractivity contribution in [1.29, 1.82) is 0 Å². The molecule has 0 aliphatic carbocycles. The molecular weight excluding hydrogens is 383 g/mol. The molecule has 1 heterocycles. The molecule has 6 nitrogen and oxygen atoms in total. The van der Waals surface area contributed by atoms with Gasteiger partial charge in [-0.2, -0.15) is 0 Å². The zero-order valence-corrected chi connectivity index (χ0v) is 16.4. The minimum Gasteiger partial charge on any atom is -0.493 e. The van der Waals surface area contributed by atoms with Gasteiger partial charge in [0.1, 0.15) is 5.82 Å². The molecule has 148 valence electrons. The highest BCUT2D eigenvalue weighted by Gasteiger charge is 2.17. The summed E-state index contributed by atoms with van der Waals surface area (Å²) in [6.07, 6.45) is 1.78. The lowest BCUT2D eigenvalue weighted by Crippen LogP contribution is -2.24. The van der Waals surface area contributed by atoms with Crippen LogP contribution in [0.2, 0.25) is 0 Å². The van der Waals surface area contributed by atoms with Gasteiger partial charge in [0, 0.05) is 23.5 Å². The fourth-order valence-electron chi connectivity index (χ4n) is 2.81. The molecule has 0 aliphatic rings. The van der Waals surface area contributed by atoms with Gasteiger partial charge in [0.05, 0.1) is 32.2 Å². The minimum atomic E-state index is -3.76. The second kappa shape index (κ2) is 8.45. The summed E-state index contributed by atoms with van der Waals surface area (Å²) < 4.78 is 53.8. The van der Waals surface area contributed by atoms with E-state index in [9.17, 15) is 12.8 Å². The van der Waals surface area contributed by atoms with E-state index in [0.717, 1.165) is 0 Å². The van der Waals surface area contributed by atoms with E-state index in [1.807, 2.05) is 0 Å². The molecule has 0 unspecified atom stereocenters. The molecule has 8 heteroatoms. The van der Waals surface area contributed by atoms with Crippen LogP contribution in [0.3, 0.4) is 0 Å². The van der Waals surface area contributed by atoms with E-state index >= 15 is 0 Å². The Labute approximate surface area is 163 Å². The average molecular weight is 404 g/mol. The average Bonchev–Trinajstić information content (AvgIpc) is 3.14. The molecular formula is C20H21FN2O4S. The van der Waals surface area contributed by atoms with Crippen LogP contribution >= 0.6 is 0 Å². The van der Waals surface area contributed by atoms with Gasteiger partial charge in [-0.15, -0.1) is 0 Å². The van der Waals surface area contributed by atoms with E-state index in [-0.39, 0.29) is 17.3 Å². The predicted molar refractivity (Wildman–Crippen MR) is 104 cm³/mol. The molecule has 0 fully saturated rings. The number of nitrogens with zero attached hydrogens (tertiary/aromatic N) is 1. The molecule has 0 amide bonds. The summed E-state index contributed by atoms with van der Waals surface area (Å²) >= 11 is 0. The van der Waals surface area contributed by atoms with Gasteiger partial charge in [0.15, 0.2) is 11.5 Å². The van der Waals surface area contributed by atoms with Crippen LogP contribution in [0.25, 0.3) is 0 Å². The summed E-state index contributed by atoms with van der Waals surface area (Å²) in [6, 6.07) is 14.5. The van der Waals surface area contributed by atoms with Gasteiger partial charge in [-0.25, -0.2) is 17.5 Å². The van der Waals surface area contributed by atoms with E-state index in [0.29, 0.717) is 29.3 Å². The summed E-state index contributed by atoms with van der Waals surface area (Å²) in [7, 11) is -0.843. The molecule has 0 saturated carbocycles. The number of methoxy groups -OCH3 is 2. The normalized spacial score (nSPS) is 11.4. The lowest BCUT2D eigenvalue weighted by atomic mass is 10.2. The van der Waals surface area contributed by atoms with Crippen molar-refractivity contribution in [3.05, 3.63) is 77.9 Å². The Morgan fingerprint density at radius 3 is 2.46 bits per heavy atom. The van der Waals surface area contributed by atoms with E-state index in [2.05, 4.69) is 4.72 Å². The topological polar surface area (TPSA) is 69.6 Å². The standard InChI is InChI=1S/C20H21FN2O4S/c1-26-19-10-9-17(12-20(19)27-2)28(24,25)22-13-16-7-5-11-23(16)14-15-6-3-4-8-18(15)21/h3-12,22H,13-14H2,1-2H3. The number of hydrogen-bond acceptors (Lipinski definition) is 4. The number of rotatable bonds is 8. The van der Waals surface area contributed by atoms with Gasteiger partial charge >= 0.3 is 0 Å². The van der Waals surface area contributed by atoms with Crippen molar-refractivity contribution in [1.82, 2.24) is 9.29 Å². The molecule has 3 aromatic rings. The van der Waals surface area contributed by atoms with Gasteiger partial charge < -0.3 is 14.0 Å². The number of hydrogen-bond donors (Lipinski definition) is 1. The Morgan fingerprint density at radius 2 is 1.75 bits per heavy atom. The van der Waals surface area contributed by atoms with E-state index < -0.39 is 10.0 Å². The van der Waals surface area contributed by atoms with Crippen LogP contribution < -0.4 is 14.2 Å². The fourth-order valence-corrected chi connectivity index (χ4v) is 3.82. The van der Waals surface area contributed by atoms with Gasteiger partial charge in [-0.05, 0) is 30.3 Å². The predicted octanol–water partition coefficient (Wildman–Crippen LogP) is 3.17. The fraction of sp³-hybridized carbons (Fsp3) is 0.200. The third-order valence-corrected chi connectivity index (χ3v) is 5.73. The van der Waals surface area contributed by atoms with Crippen molar-refractivity contribution in [2.75, 3.05) is 14.2 Å². The molecule has 0 saturated heterocycles. The molecule has 0 radical (unpaired) electrons. The van der Waals surface area contributed by atoms with Crippen LogP contribution in [-0.4, -0.2) is 27.2 Å². The van der Waals surface area contributed by atoms with Crippen molar-refractivity contribution in [3.63, 3.8) is 0 Å². The quantitative estimate of drug-likeness (QED) is 0.626. The zero-order chi connectivity index (χ0) is 20.1. The third kappa shape index (κ3) is 4.35. The van der Waals surface area contributed by atoms with Gasteiger partial charge in [-0.3, -0.25) is 0 Å². The Morgan fingerprint density at radius 1 is 1.00 bits per heavy atom. The minimum absolute atomic E-state index is 0.0670. The molecule has 0 aliphatic heterocycles. The largest absolute Gasteiger partial charge is 0.493 e. The summed E-state index contributed by atoms with van der Waals surface area (Å²) in [4.78, 5) is 0.0670. The first kappa shape index (κ1) is 19.9. The van der Waals surface area contributed by atoms with Crippen LogP contribution in [0.5, 0.6) is 11.5 Å². The Balaban J connectivity index is 1.76. The summed E-state index contributed by atoms with van der Waals surface area (Å²) in [5.41, 5.74) is 1.25. The lowest BCUT2D eigenvalue weighted by Gasteiger charge is -2.13. The monoisotopic (exact) mass is 404 g/mol. The second-order valence-corrected chi connectivity index (χ2v) is 7.83. The van der Waals surface area contributed by atoms with Crippen molar-refractivity contribution in [2.45, 2.75) is 18.0 Å². The highest BCUT2D eigenvalue weighted by atomic mass is 32.2. The van der Waals surface area contributed by atoms with Crippen molar-refractivity contribution >= 4 is 10.0 Å². The van der Waals surface area contributed by atoms with E-state index in [1.165, 1.54) is 38.5 Å². The number of benzene rings is 2. The van der Waals surface area contributed by atoms with Crippen LogP contribution in [0, 0.1) is 5.82 Å². The molecule has 28 heavy (non-hydrogen) atoms. The van der Waals surface area contributed by atoms with Crippen LogP contribution in [0.4, 0.5) is 4.39 Å². The summed E-state index contributed by atoms with van der Waals surface area (Å²) in [5.74, 6) is 0.474. The maximum atomic E-state index is 13.9. The van der Waals surface area contributed by atoms with E-state index in [1.54, 1.807) is 41.1 Å². The summed E-state index contributed by atoms with van der Waals surface area (Å²) in [5, 5.41) is 0. The van der Waals surface area contributed by atoms with Crippen LogP contribution in [0.1, 0.15) is 11.3 Å². The molecule has 1 aromatic heterocycles. The van der Waals surface area contributed by atoms with Crippen molar-refractivity contribution < 1.29 is 22.3 Å². The molecule has 2 aromatic carbocycles. The summed E-state index contributed by atoms with van der Waals surface area (Å²) in [6.45, 7) is 0.380. The molecule has 0 bridgehead atoms. The number of sulfonamides is 1. The first-order chi connectivity index (χ1) is 13.4. The molecule has 0 spiro atoms. The van der Waals surface area contributed by atoms with Gasteiger partial charge in [0.2, 0.25) is 10.0 Å². The van der Waals surface area contributed by atoms with Gasteiger partial charge in [-0.1, -0.05) is 18.2 Å². The molecule has 0 atom stereocenters. The SMILES string of the molecule is COc1ccc(S(=O)(=O)NCc2cccn2Cc2ccccc2F)cc1OC. The number of nitrogens with one attached hydrogen (secondary N) is 1. The first-order valence-electron chi connectivity index (χ1n) is 8.53. The van der Waals surface area contributed by atoms with Gasteiger partial charge in [0.25, 0.3) is 0 Å². The van der Waals surface area contributed by atoms with Crippen molar-refractivity contribution in [2.24, 2.45) is 0 Å². The third-order valence-electron chi connectivity index (χ3n) is 4.33. The highest BCUT2D eigenvalue weighted by molar-refractivity contribution is 7.89. The first-order valence-corrected chi connectivity index (χ1v) is 10.0. The number of halogens is 1. The molecule has 3 rings (SSSR count). The zero-order valence-electron chi connectivity index (χ0n) is 15.6. The van der Waals surface area contributed by atoms with Crippen LogP contribution in [0.15, 0.2) is 65.7 Å². The Hall–Kier alpha value is -2.84. The molecule has 1 N–H and O–H groups in total. The maximum absolute atomic E-state index is 13.9. The Bertz CT molecular complexity index is 1060.